The van der Waals surface area contributed by atoms with Crippen LogP contribution in [0.25, 0.3) is 22.2 Å². The predicted octanol–water partition coefficient (Wildman–Crippen LogP) is 2.40. The Kier molecular flexibility index (Phi) is 3.15. The smallest absolute Gasteiger partial charge is 0.195 e. The molecule has 0 saturated carbocycles. The first-order valence-electron chi connectivity index (χ1n) is 6.59. The Morgan fingerprint density at radius 3 is 2.79 bits per heavy atom. The Morgan fingerprint density at radius 1 is 1.21 bits per heavy atom. The molecule has 1 aliphatic rings. The Bertz CT molecular complexity index is 800. The summed E-state index contributed by atoms with van der Waals surface area (Å²) in [5.41, 5.74) is 0.149. The van der Waals surface area contributed by atoms with E-state index in [0.717, 1.165) is 38.4 Å². The molecule has 0 fully saturated rings. The third kappa shape index (κ3) is 2.30. The summed E-state index contributed by atoms with van der Waals surface area (Å²) >= 11 is 1.68. The number of benzene rings is 1. The molecule has 0 amide bonds. The van der Waals surface area contributed by atoms with E-state index < -0.39 is 0 Å². The molecule has 0 saturated heterocycles. The zero-order valence-electron chi connectivity index (χ0n) is 11.1. The minimum absolute atomic E-state index is 0.145. The van der Waals surface area contributed by atoms with Gasteiger partial charge < -0.3 is 4.74 Å². The molecule has 1 aromatic carbocycles. The van der Waals surface area contributed by atoms with Crippen molar-refractivity contribution in [1.82, 2.24) is 0 Å². The molecular formula is C16H16O2S. The van der Waals surface area contributed by atoms with Gasteiger partial charge in [0.25, 0.3) is 0 Å². The van der Waals surface area contributed by atoms with Gasteiger partial charge in [0.15, 0.2) is 5.43 Å². The highest BCUT2D eigenvalue weighted by molar-refractivity contribution is 7.16. The van der Waals surface area contributed by atoms with E-state index in [9.17, 15) is 4.79 Å². The fraction of sp³-hybridized carbons (Fsp3) is 0.312. The fourth-order valence-corrected chi connectivity index (χ4v) is 3.51. The lowest BCUT2D eigenvalue weighted by Gasteiger charge is -2.10. The van der Waals surface area contributed by atoms with Crippen LogP contribution in [0, 0.1) is 0 Å². The molecule has 2 nitrogen and oxygen atoms in total. The highest BCUT2D eigenvalue weighted by atomic mass is 32.1. The standard InChI is InChI=1S/C16H16O2S/c1-10(2)18-11-7-8-13-15(9-11)19-14-6-4-3-5-12(14)16(13)17/h5-10H,3-4H2,1-2H3. The lowest BCUT2D eigenvalue weighted by Crippen LogP contribution is -2.38. The van der Waals surface area contributed by atoms with Crippen LogP contribution < -0.4 is 19.9 Å². The van der Waals surface area contributed by atoms with Crippen molar-refractivity contribution >= 4 is 33.6 Å². The third-order valence-electron chi connectivity index (χ3n) is 3.14. The summed E-state index contributed by atoms with van der Waals surface area (Å²) in [6.07, 6.45) is 6.36. The lowest BCUT2D eigenvalue weighted by atomic mass is 10.1. The fourth-order valence-electron chi connectivity index (χ4n) is 2.34. The second kappa shape index (κ2) is 4.82. The van der Waals surface area contributed by atoms with Crippen molar-refractivity contribution in [2.75, 3.05) is 0 Å². The molecule has 0 atom stereocenters. The summed E-state index contributed by atoms with van der Waals surface area (Å²) in [6.45, 7) is 4.00. The van der Waals surface area contributed by atoms with Gasteiger partial charge in [-0.25, -0.2) is 0 Å². The monoisotopic (exact) mass is 272 g/mol. The summed E-state index contributed by atoms with van der Waals surface area (Å²) in [5.74, 6) is 0.831. The number of hydrogen-bond donors (Lipinski definition) is 0. The van der Waals surface area contributed by atoms with Crippen molar-refractivity contribution in [3.8, 4) is 5.75 Å². The molecule has 1 aliphatic carbocycles. The third-order valence-corrected chi connectivity index (χ3v) is 4.31. The van der Waals surface area contributed by atoms with E-state index in [1.807, 2.05) is 32.0 Å². The maximum absolute atomic E-state index is 12.4. The summed E-state index contributed by atoms with van der Waals surface area (Å²) in [5, 5.41) is 1.67. The lowest BCUT2D eigenvalue weighted by molar-refractivity contribution is 0.243. The van der Waals surface area contributed by atoms with Crippen LogP contribution in [0.4, 0.5) is 0 Å². The molecule has 98 valence electrons. The Hall–Kier alpha value is -1.61. The first kappa shape index (κ1) is 12.4. The number of ether oxygens (including phenoxy) is 1. The van der Waals surface area contributed by atoms with Crippen LogP contribution >= 0.6 is 11.3 Å². The van der Waals surface area contributed by atoms with E-state index >= 15 is 0 Å². The zero-order chi connectivity index (χ0) is 13.4. The van der Waals surface area contributed by atoms with Crippen molar-refractivity contribution in [2.24, 2.45) is 0 Å². The van der Waals surface area contributed by atoms with E-state index in [4.69, 9.17) is 4.74 Å². The maximum Gasteiger partial charge on any atom is 0.195 e. The van der Waals surface area contributed by atoms with E-state index in [1.54, 1.807) is 11.3 Å². The van der Waals surface area contributed by atoms with Crippen LogP contribution in [0.5, 0.6) is 5.75 Å². The van der Waals surface area contributed by atoms with Crippen molar-refractivity contribution in [3.63, 3.8) is 0 Å². The van der Waals surface area contributed by atoms with Gasteiger partial charge in [0.05, 0.1) is 6.10 Å². The van der Waals surface area contributed by atoms with Gasteiger partial charge in [0.2, 0.25) is 0 Å². The summed E-state index contributed by atoms with van der Waals surface area (Å²) in [6, 6.07) is 5.74. The molecule has 0 unspecified atom stereocenters. The molecule has 3 rings (SSSR count). The molecule has 0 N–H and O–H groups in total. The van der Waals surface area contributed by atoms with Crippen molar-refractivity contribution < 1.29 is 4.74 Å². The van der Waals surface area contributed by atoms with Crippen LogP contribution in [0.1, 0.15) is 26.7 Å². The van der Waals surface area contributed by atoms with Gasteiger partial charge in [-0.1, -0.05) is 12.2 Å². The van der Waals surface area contributed by atoms with Crippen molar-refractivity contribution in [3.05, 3.63) is 38.2 Å². The molecule has 0 radical (unpaired) electrons. The van der Waals surface area contributed by atoms with Gasteiger partial charge in [-0.2, -0.15) is 0 Å². The van der Waals surface area contributed by atoms with E-state index in [-0.39, 0.29) is 11.5 Å². The molecule has 3 heteroatoms. The number of rotatable bonds is 2. The zero-order valence-corrected chi connectivity index (χ0v) is 11.9. The average Bonchev–Trinajstić information content (AvgIpc) is 2.38. The van der Waals surface area contributed by atoms with Crippen LogP contribution in [-0.2, 0) is 0 Å². The maximum atomic E-state index is 12.4. The second-order valence-electron chi connectivity index (χ2n) is 5.02. The molecule has 19 heavy (non-hydrogen) atoms. The first-order valence-corrected chi connectivity index (χ1v) is 7.41. The van der Waals surface area contributed by atoms with Crippen LogP contribution in [-0.4, -0.2) is 6.10 Å². The highest BCUT2D eigenvalue weighted by Gasteiger charge is 2.07. The first-order chi connectivity index (χ1) is 9.15. The van der Waals surface area contributed by atoms with Gasteiger partial charge in [-0.05, 0) is 44.9 Å². The van der Waals surface area contributed by atoms with Crippen LogP contribution in [0.2, 0.25) is 0 Å². The van der Waals surface area contributed by atoms with Gasteiger partial charge in [0.1, 0.15) is 5.75 Å². The molecule has 0 bridgehead atoms. The summed E-state index contributed by atoms with van der Waals surface area (Å²) in [7, 11) is 0. The Balaban J connectivity index is 2.29. The molecular weight excluding hydrogens is 256 g/mol. The molecule has 2 aromatic rings. The minimum Gasteiger partial charge on any atom is -0.491 e. The summed E-state index contributed by atoms with van der Waals surface area (Å²) < 4.78 is 7.80. The Morgan fingerprint density at radius 2 is 2.00 bits per heavy atom. The molecule has 1 heterocycles. The largest absolute Gasteiger partial charge is 0.491 e. The Labute approximate surface area is 115 Å². The van der Waals surface area contributed by atoms with Crippen molar-refractivity contribution in [1.29, 1.82) is 0 Å². The average molecular weight is 272 g/mol. The second-order valence-corrected chi connectivity index (χ2v) is 6.10. The quantitative estimate of drug-likeness (QED) is 0.839. The molecule has 0 spiro atoms. The van der Waals surface area contributed by atoms with Gasteiger partial charge in [0, 0.05) is 19.8 Å². The van der Waals surface area contributed by atoms with Crippen LogP contribution in [0.3, 0.4) is 0 Å². The number of fused-ring (bicyclic) bond motifs is 2. The van der Waals surface area contributed by atoms with Crippen LogP contribution in [0.15, 0.2) is 23.0 Å². The summed E-state index contributed by atoms with van der Waals surface area (Å²) in [4.78, 5) is 12.4. The molecule has 0 aliphatic heterocycles. The number of hydrogen-bond acceptors (Lipinski definition) is 3. The van der Waals surface area contributed by atoms with Crippen molar-refractivity contribution in [2.45, 2.75) is 32.8 Å². The van der Waals surface area contributed by atoms with E-state index in [2.05, 4.69) is 12.2 Å². The predicted molar refractivity (Wildman–Crippen MR) is 81.3 cm³/mol. The van der Waals surface area contributed by atoms with Gasteiger partial charge in [-0.15, -0.1) is 11.3 Å². The van der Waals surface area contributed by atoms with E-state index in [1.165, 1.54) is 0 Å². The topological polar surface area (TPSA) is 26.3 Å². The SMILES string of the molecule is CC(C)Oc1ccc2c(=O)c3c(sc2c1)=CCCC=3. The molecule has 1 aromatic heterocycles. The van der Waals surface area contributed by atoms with Gasteiger partial charge >= 0.3 is 0 Å². The normalized spacial score (nSPS) is 13.8. The van der Waals surface area contributed by atoms with E-state index in [0.29, 0.717) is 0 Å². The van der Waals surface area contributed by atoms with Gasteiger partial charge in [-0.3, -0.25) is 4.79 Å². The highest BCUT2D eigenvalue weighted by Crippen LogP contribution is 2.20. The minimum atomic E-state index is 0.145.